The van der Waals surface area contributed by atoms with Crippen molar-refractivity contribution in [1.29, 1.82) is 0 Å². The molecular formula is C13H28N2. The fourth-order valence-electron chi connectivity index (χ4n) is 2.55. The Labute approximate surface area is 95.4 Å². The van der Waals surface area contributed by atoms with Gasteiger partial charge in [0.05, 0.1) is 0 Å². The van der Waals surface area contributed by atoms with Gasteiger partial charge in [0.15, 0.2) is 0 Å². The van der Waals surface area contributed by atoms with E-state index in [0.717, 1.165) is 0 Å². The summed E-state index contributed by atoms with van der Waals surface area (Å²) in [6, 6.07) is 0.676. The Morgan fingerprint density at radius 3 is 2.80 bits per heavy atom. The number of hydrogen-bond acceptors (Lipinski definition) is 2. The lowest BCUT2D eigenvalue weighted by Gasteiger charge is -2.39. The standard InChI is InChI=1S/C13H28N2/c1-5-12(2)14-9-8-13(3)7-6-10-15(4)11-13/h12,14H,5-11H2,1-4H3. The van der Waals surface area contributed by atoms with Crippen LogP contribution in [0.25, 0.3) is 0 Å². The number of rotatable bonds is 5. The summed E-state index contributed by atoms with van der Waals surface area (Å²) >= 11 is 0. The summed E-state index contributed by atoms with van der Waals surface area (Å²) in [6.45, 7) is 10.7. The van der Waals surface area contributed by atoms with Crippen LogP contribution < -0.4 is 5.32 Å². The van der Waals surface area contributed by atoms with Crippen LogP contribution in [0.15, 0.2) is 0 Å². The van der Waals surface area contributed by atoms with Crippen LogP contribution in [0, 0.1) is 5.41 Å². The highest BCUT2D eigenvalue weighted by Crippen LogP contribution is 2.31. The molecule has 1 fully saturated rings. The van der Waals surface area contributed by atoms with Gasteiger partial charge in [0, 0.05) is 12.6 Å². The van der Waals surface area contributed by atoms with Gasteiger partial charge in [-0.3, -0.25) is 0 Å². The lowest BCUT2D eigenvalue weighted by atomic mass is 9.79. The van der Waals surface area contributed by atoms with Gasteiger partial charge >= 0.3 is 0 Å². The zero-order valence-electron chi connectivity index (χ0n) is 11.0. The Balaban J connectivity index is 2.23. The summed E-state index contributed by atoms with van der Waals surface area (Å²) in [7, 11) is 2.25. The topological polar surface area (TPSA) is 15.3 Å². The van der Waals surface area contributed by atoms with Crippen molar-refractivity contribution in [2.24, 2.45) is 5.41 Å². The van der Waals surface area contributed by atoms with E-state index in [9.17, 15) is 0 Å². The summed E-state index contributed by atoms with van der Waals surface area (Å²) in [6.07, 6.45) is 5.33. The maximum atomic E-state index is 3.60. The Bertz CT molecular complexity index is 181. The summed E-state index contributed by atoms with van der Waals surface area (Å²) in [4.78, 5) is 2.48. The largest absolute Gasteiger partial charge is 0.314 e. The van der Waals surface area contributed by atoms with Crippen molar-refractivity contribution < 1.29 is 0 Å². The molecule has 1 N–H and O–H groups in total. The van der Waals surface area contributed by atoms with Gasteiger partial charge in [0.25, 0.3) is 0 Å². The zero-order valence-corrected chi connectivity index (χ0v) is 11.0. The molecule has 2 atom stereocenters. The predicted molar refractivity (Wildman–Crippen MR) is 67.2 cm³/mol. The van der Waals surface area contributed by atoms with Crippen molar-refractivity contribution in [2.45, 2.75) is 52.5 Å². The average Bonchev–Trinajstić information content (AvgIpc) is 2.16. The van der Waals surface area contributed by atoms with Gasteiger partial charge in [-0.05, 0) is 58.2 Å². The first kappa shape index (κ1) is 13.0. The molecule has 15 heavy (non-hydrogen) atoms. The lowest BCUT2D eigenvalue weighted by molar-refractivity contribution is 0.115. The second-order valence-electron chi connectivity index (χ2n) is 5.67. The monoisotopic (exact) mass is 212 g/mol. The molecule has 1 aliphatic rings. The Kier molecular flexibility index (Phi) is 5.07. The van der Waals surface area contributed by atoms with Crippen molar-refractivity contribution in [3.05, 3.63) is 0 Å². The van der Waals surface area contributed by atoms with Gasteiger partial charge in [-0.25, -0.2) is 0 Å². The molecule has 1 rings (SSSR count). The first-order chi connectivity index (χ1) is 7.06. The van der Waals surface area contributed by atoms with E-state index in [4.69, 9.17) is 0 Å². The number of piperidine rings is 1. The Morgan fingerprint density at radius 2 is 2.20 bits per heavy atom. The second-order valence-corrected chi connectivity index (χ2v) is 5.67. The van der Waals surface area contributed by atoms with Gasteiger partial charge in [-0.15, -0.1) is 0 Å². The first-order valence-corrected chi connectivity index (χ1v) is 6.48. The number of hydrogen-bond donors (Lipinski definition) is 1. The highest BCUT2D eigenvalue weighted by Gasteiger charge is 2.28. The minimum absolute atomic E-state index is 0.549. The molecule has 2 unspecified atom stereocenters. The summed E-state index contributed by atoms with van der Waals surface area (Å²) < 4.78 is 0. The smallest absolute Gasteiger partial charge is 0.00361 e. The quantitative estimate of drug-likeness (QED) is 0.753. The molecular weight excluding hydrogens is 184 g/mol. The van der Waals surface area contributed by atoms with Gasteiger partial charge in [0.2, 0.25) is 0 Å². The van der Waals surface area contributed by atoms with E-state index in [0.29, 0.717) is 11.5 Å². The van der Waals surface area contributed by atoms with Crippen molar-refractivity contribution >= 4 is 0 Å². The van der Waals surface area contributed by atoms with Crippen LogP contribution in [0.4, 0.5) is 0 Å². The molecule has 90 valence electrons. The minimum atomic E-state index is 0.549. The third-order valence-electron chi connectivity index (χ3n) is 3.81. The molecule has 1 saturated heterocycles. The fraction of sp³-hybridized carbons (Fsp3) is 1.00. The second kappa shape index (κ2) is 5.86. The van der Waals surface area contributed by atoms with Crippen molar-refractivity contribution in [3.8, 4) is 0 Å². The molecule has 0 aliphatic carbocycles. The molecule has 0 bridgehead atoms. The van der Waals surface area contributed by atoms with Crippen LogP contribution in [0.3, 0.4) is 0 Å². The highest BCUT2D eigenvalue weighted by atomic mass is 15.1. The van der Waals surface area contributed by atoms with E-state index in [1.54, 1.807) is 0 Å². The van der Waals surface area contributed by atoms with Crippen LogP contribution in [-0.2, 0) is 0 Å². The van der Waals surface area contributed by atoms with Crippen molar-refractivity contribution in [2.75, 3.05) is 26.7 Å². The third kappa shape index (κ3) is 4.52. The lowest BCUT2D eigenvalue weighted by Crippen LogP contribution is -2.41. The van der Waals surface area contributed by atoms with Gasteiger partial charge in [-0.1, -0.05) is 13.8 Å². The molecule has 0 spiro atoms. The van der Waals surface area contributed by atoms with E-state index < -0.39 is 0 Å². The zero-order chi connectivity index (χ0) is 11.3. The van der Waals surface area contributed by atoms with Gasteiger partial charge < -0.3 is 10.2 Å². The number of likely N-dealkylation sites (tertiary alicyclic amines) is 1. The van der Waals surface area contributed by atoms with Crippen LogP contribution in [0.5, 0.6) is 0 Å². The van der Waals surface area contributed by atoms with E-state index >= 15 is 0 Å². The molecule has 0 radical (unpaired) electrons. The van der Waals surface area contributed by atoms with Crippen LogP contribution in [0.2, 0.25) is 0 Å². The van der Waals surface area contributed by atoms with E-state index in [-0.39, 0.29) is 0 Å². The van der Waals surface area contributed by atoms with E-state index in [1.165, 1.54) is 45.3 Å². The maximum Gasteiger partial charge on any atom is 0.00361 e. The normalized spacial score (nSPS) is 30.4. The SMILES string of the molecule is CCC(C)NCCC1(C)CCCN(C)C1. The predicted octanol–water partition coefficient (Wildman–Crippen LogP) is 2.50. The van der Waals surface area contributed by atoms with Crippen molar-refractivity contribution in [1.82, 2.24) is 10.2 Å². The fourth-order valence-corrected chi connectivity index (χ4v) is 2.55. The minimum Gasteiger partial charge on any atom is -0.314 e. The number of nitrogens with zero attached hydrogens (tertiary/aromatic N) is 1. The average molecular weight is 212 g/mol. The first-order valence-electron chi connectivity index (χ1n) is 6.48. The van der Waals surface area contributed by atoms with Crippen molar-refractivity contribution in [3.63, 3.8) is 0 Å². The molecule has 0 aromatic heterocycles. The van der Waals surface area contributed by atoms with E-state index in [2.05, 4.69) is 38.0 Å². The molecule has 2 heteroatoms. The Hall–Kier alpha value is -0.0800. The molecule has 0 amide bonds. The highest BCUT2D eigenvalue weighted by molar-refractivity contribution is 4.83. The van der Waals surface area contributed by atoms with Crippen LogP contribution >= 0.6 is 0 Å². The molecule has 0 aromatic rings. The Morgan fingerprint density at radius 1 is 1.47 bits per heavy atom. The summed E-state index contributed by atoms with van der Waals surface area (Å²) in [5, 5.41) is 3.60. The molecule has 2 nitrogen and oxygen atoms in total. The molecule has 1 aliphatic heterocycles. The van der Waals surface area contributed by atoms with Crippen LogP contribution in [0.1, 0.15) is 46.5 Å². The van der Waals surface area contributed by atoms with Gasteiger partial charge in [-0.2, -0.15) is 0 Å². The maximum absolute atomic E-state index is 3.60. The molecule has 1 heterocycles. The van der Waals surface area contributed by atoms with Gasteiger partial charge in [0.1, 0.15) is 0 Å². The summed E-state index contributed by atoms with van der Waals surface area (Å²) in [5.41, 5.74) is 0.549. The molecule has 0 saturated carbocycles. The van der Waals surface area contributed by atoms with Crippen LogP contribution in [-0.4, -0.2) is 37.6 Å². The molecule has 0 aromatic carbocycles. The summed E-state index contributed by atoms with van der Waals surface area (Å²) in [5.74, 6) is 0. The third-order valence-corrected chi connectivity index (χ3v) is 3.81. The van der Waals surface area contributed by atoms with E-state index in [1.807, 2.05) is 0 Å². The number of nitrogens with one attached hydrogen (secondary N) is 1.